The second-order valence-corrected chi connectivity index (χ2v) is 6.97. The minimum Gasteiger partial charge on any atom is -0.313 e. The predicted octanol–water partition coefficient (Wildman–Crippen LogP) is 4.51. The summed E-state index contributed by atoms with van der Waals surface area (Å²) >= 11 is 5.20. The summed E-state index contributed by atoms with van der Waals surface area (Å²) in [5.41, 5.74) is 2.06. The van der Waals surface area contributed by atoms with E-state index in [1.54, 1.807) is 23.5 Å². The predicted molar refractivity (Wildman–Crippen MR) is 90.4 cm³/mol. The third-order valence-electron chi connectivity index (χ3n) is 3.24. The lowest BCUT2D eigenvalue weighted by Crippen LogP contribution is -2.34. The van der Waals surface area contributed by atoms with Crippen LogP contribution >= 0.6 is 27.3 Å². The number of aryl methyl sites for hydroxylation is 1. The second-order valence-electron chi connectivity index (χ2n) is 5.18. The van der Waals surface area contributed by atoms with Crippen molar-refractivity contribution in [3.05, 3.63) is 50.1 Å². The van der Waals surface area contributed by atoms with Gasteiger partial charge in [0.15, 0.2) is 0 Å². The van der Waals surface area contributed by atoms with Gasteiger partial charge in [0.05, 0.1) is 5.01 Å². The molecule has 0 spiro atoms. The molecule has 0 aliphatic carbocycles. The molecule has 1 aromatic heterocycles. The van der Waals surface area contributed by atoms with Crippen LogP contribution < -0.4 is 5.32 Å². The molecule has 1 atom stereocenters. The highest BCUT2D eigenvalue weighted by atomic mass is 79.9. The first kappa shape index (κ1) is 16.6. The van der Waals surface area contributed by atoms with Gasteiger partial charge in [-0.25, -0.2) is 9.37 Å². The summed E-state index contributed by atoms with van der Waals surface area (Å²) in [6.07, 6.45) is 2.75. The molecule has 0 saturated heterocycles. The summed E-state index contributed by atoms with van der Waals surface area (Å²) in [6.45, 7) is 5.12. The van der Waals surface area contributed by atoms with Crippen LogP contribution in [0.25, 0.3) is 0 Å². The molecule has 5 heteroatoms. The van der Waals surface area contributed by atoms with Crippen molar-refractivity contribution in [1.82, 2.24) is 10.3 Å². The van der Waals surface area contributed by atoms with E-state index in [0.29, 0.717) is 0 Å². The molecule has 114 valence electrons. The van der Waals surface area contributed by atoms with Gasteiger partial charge in [0, 0.05) is 28.0 Å². The lowest BCUT2D eigenvalue weighted by atomic mass is 10.0. The van der Waals surface area contributed by atoms with Crippen molar-refractivity contribution in [2.75, 3.05) is 6.54 Å². The Balaban J connectivity index is 2.09. The SMILES string of the molecule is CCCNC(Cc1nc(C)cs1)Cc1cc(F)ccc1Br. The fraction of sp³-hybridized carbons (Fsp3) is 0.438. The van der Waals surface area contributed by atoms with Crippen LogP contribution in [-0.2, 0) is 12.8 Å². The Bertz CT molecular complexity index is 585. The third-order valence-corrected chi connectivity index (χ3v) is 5.01. The standard InChI is InChI=1S/C16H20BrFN2S/c1-3-6-19-14(9-16-20-11(2)10-21-16)8-12-7-13(18)4-5-15(12)17/h4-5,7,10,14,19H,3,6,8-9H2,1-2H3. The average Bonchev–Trinajstić information content (AvgIpc) is 2.85. The topological polar surface area (TPSA) is 24.9 Å². The molecule has 21 heavy (non-hydrogen) atoms. The highest BCUT2D eigenvalue weighted by Gasteiger charge is 2.14. The molecule has 1 aromatic carbocycles. The number of rotatable bonds is 7. The van der Waals surface area contributed by atoms with E-state index < -0.39 is 0 Å². The van der Waals surface area contributed by atoms with Gasteiger partial charge in [-0.05, 0) is 50.1 Å². The maximum Gasteiger partial charge on any atom is 0.123 e. The monoisotopic (exact) mass is 370 g/mol. The molecule has 2 aromatic rings. The Morgan fingerprint density at radius 2 is 2.19 bits per heavy atom. The highest BCUT2D eigenvalue weighted by molar-refractivity contribution is 9.10. The molecule has 0 aliphatic heterocycles. The zero-order valence-electron chi connectivity index (χ0n) is 12.3. The molecule has 2 rings (SSSR count). The molecule has 0 radical (unpaired) electrons. The molecular weight excluding hydrogens is 351 g/mol. The van der Waals surface area contributed by atoms with Crippen LogP contribution in [0, 0.1) is 12.7 Å². The molecule has 0 saturated carbocycles. The summed E-state index contributed by atoms with van der Waals surface area (Å²) in [4.78, 5) is 4.53. The van der Waals surface area contributed by atoms with E-state index in [4.69, 9.17) is 0 Å². The molecule has 0 aliphatic rings. The van der Waals surface area contributed by atoms with Gasteiger partial charge in [0.25, 0.3) is 0 Å². The summed E-state index contributed by atoms with van der Waals surface area (Å²) in [5.74, 6) is -0.187. The van der Waals surface area contributed by atoms with Gasteiger partial charge in [0.2, 0.25) is 0 Å². The lowest BCUT2D eigenvalue weighted by molar-refractivity contribution is 0.501. The van der Waals surface area contributed by atoms with Gasteiger partial charge in [-0.3, -0.25) is 0 Å². The fourth-order valence-corrected chi connectivity index (χ4v) is 3.50. The zero-order chi connectivity index (χ0) is 15.2. The van der Waals surface area contributed by atoms with Crippen molar-refractivity contribution >= 4 is 27.3 Å². The average molecular weight is 371 g/mol. The van der Waals surface area contributed by atoms with Crippen LogP contribution in [0.1, 0.15) is 29.6 Å². The number of halogens is 2. The van der Waals surface area contributed by atoms with Gasteiger partial charge in [0.1, 0.15) is 5.82 Å². The largest absolute Gasteiger partial charge is 0.313 e. The van der Waals surface area contributed by atoms with Crippen LogP contribution in [0.3, 0.4) is 0 Å². The molecule has 1 heterocycles. The number of aromatic nitrogens is 1. The van der Waals surface area contributed by atoms with E-state index in [9.17, 15) is 4.39 Å². The van der Waals surface area contributed by atoms with Gasteiger partial charge in [-0.1, -0.05) is 22.9 Å². The minimum atomic E-state index is -0.187. The zero-order valence-corrected chi connectivity index (χ0v) is 14.7. The van der Waals surface area contributed by atoms with Crippen molar-refractivity contribution in [2.45, 2.75) is 39.2 Å². The van der Waals surface area contributed by atoms with Crippen LogP contribution in [0.2, 0.25) is 0 Å². The van der Waals surface area contributed by atoms with Gasteiger partial charge >= 0.3 is 0 Å². The molecule has 0 bridgehead atoms. The van der Waals surface area contributed by atoms with Crippen LogP contribution in [0.15, 0.2) is 28.1 Å². The molecule has 0 amide bonds. The number of hydrogen-bond acceptors (Lipinski definition) is 3. The van der Waals surface area contributed by atoms with E-state index in [1.807, 2.05) is 6.92 Å². The molecule has 1 unspecified atom stereocenters. The first-order valence-corrected chi connectivity index (χ1v) is 8.84. The lowest BCUT2D eigenvalue weighted by Gasteiger charge is -2.18. The van der Waals surface area contributed by atoms with Crippen molar-refractivity contribution in [2.24, 2.45) is 0 Å². The van der Waals surface area contributed by atoms with Crippen molar-refractivity contribution in [3.8, 4) is 0 Å². The maximum absolute atomic E-state index is 13.4. The Morgan fingerprint density at radius 1 is 1.38 bits per heavy atom. The smallest absolute Gasteiger partial charge is 0.123 e. The Morgan fingerprint density at radius 3 is 2.86 bits per heavy atom. The van der Waals surface area contributed by atoms with Crippen LogP contribution in [0.4, 0.5) is 4.39 Å². The number of nitrogens with one attached hydrogen (secondary N) is 1. The summed E-state index contributed by atoms with van der Waals surface area (Å²) in [6, 6.07) is 5.13. The van der Waals surface area contributed by atoms with E-state index in [0.717, 1.165) is 46.5 Å². The van der Waals surface area contributed by atoms with Crippen molar-refractivity contribution in [3.63, 3.8) is 0 Å². The number of thiazole rings is 1. The minimum absolute atomic E-state index is 0.187. The first-order valence-electron chi connectivity index (χ1n) is 7.16. The molecule has 1 N–H and O–H groups in total. The summed E-state index contributed by atoms with van der Waals surface area (Å²) in [5, 5.41) is 6.75. The van der Waals surface area contributed by atoms with E-state index >= 15 is 0 Å². The third kappa shape index (κ3) is 5.16. The van der Waals surface area contributed by atoms with Crippen molar-refractivity contribution < 1.29 is 4.39 Å². The summed E-state index contributed by atoms with van der Waals surface area (Å²) < 4.78 is 14.4. The van der Waals surface area contributed by atoms with Gasteiger partial charge in [-0.2, -0.15) is 0 Å². The number of hydrogen-bond donors (Lipinski definition) is 1. The maximum atomic E-state index is 13.4. The van der Waals surface area contributed by atoms with Gasteiger partial charge < -0.3 is 5.32 Å². The normalized spacial score (nSPS) is 12.6. The molecule has 2 nitrogen and oxygen atoms in total. The molecule has 0 fully saturated rings. The van der Waals surface area contributed by atoms with Gasteiger partial charge in [-0.15, -0.1) is 11.3 Å². The second kappa shape index (κ2) is 8.01. The first-order chi connectivity index (χ1) is 10.1. The quantitative estimate of drug-likeness (QED) is 0.775. The Hall–Kier alpha value is -0.780. The van der Waals surface area contributed by atoms with E-state index in [1.165, 1.54) is 6.07 Å². The van der Waals surface area contributed by atoms with Crippen LogP contribution in [-0.4, -0.2) is 17.6 Å². The fourth-order valence-electron chi connectivity index (χ4n) is 2.24. The van der Waals surface area contributed by atoms with Crippen molar-refractivity contribution in [1.29, 1.82) is 0 Å². The Kier molecular flexibility index (Phi) is 6.33. The van der Waals surface area contributed by atoms with E-state index in [2.05, 4.69) is 38.5 Å². The van der Waals surface area contributed by atoms with E-state index in [-0.39, 0.29) is 11.9 Å². The Labute approximate surface area is 137 Å². The summed E-state index contributed by atoms with van der Waals surface area (Å²) in [7, 11) is 0. The number of benzene rings is 1. The number of nitrogens with zero attached hydrogens (tertiary/aromatic N) is 1. The molecular formula is C16H20BrFN2S. The highest BCUT2D eigenvalue weighted by Crippen LogP contribution is 2.21. The van der Waals surface area contributed by atoms with Crippen LogP contribution in [0.5, 0.6) is 0 Å².